The maximum Gasteiger partial charge on any atom is 0.302 e. The number of hydrogen-bond donors (Lipinski definition) is 0. The minimum atomic E-state index is -0.260. The Labute approximate surface area is 193 Å². The normalized spacial score (nSPS) is 32.5. The van der Waals surface area contributed by atoms with E-state index in [9.17, 15) is 9.59 Å². The van der Waals surface area contributed by atoms with Crippen molar-refractivity contribution in [1.82, 2.24) is 4.98 Å². The van der Waals surface area contributed by atoms with Gasteiger partial charge in [-0.3, -0.25) is 14.6 Å². The van der Waals surface area contributed by atoms with E-state index in [1.165, 1.54) is 6.92 Å². The van der Waals surface area contributed by atoms with Crippen LogP contribution in [0, 0.1) is 11.3 Å². The second-order valence-electron chi connectivity index (χ2n) is 9.95. The SMILES string of the molecule is CC(=O)OC1C[C@H]2[C@@H]3OC4=C(C=C3C=C[C@]2(C)[C@H]1c1ccc2cnccc2c1)C(=O)CCC4. The fourth-order valence-corrected chi connectivity index (χ4v) is 6.47. The number of Topliss-reactive ketones (excluding diaryl/α,β-unsaturated/α-hetero) is 1. The summed E-state index contributed by atoms with van der Waals surface area (Å²) >= 11 is 0. The van der Waals surface area contributed by atoms with Crippen molar-refractivity contribution in [3.63, 3.8) is 0 Å². The summed E-state index contributed by atoms with van der Waals surface area (Å²) < 4.78 is 12.5. The van der Waals surface area contributed by atoms with Crippen molar-refractivity contribution in [1.29, 1.82) is 0 Å². The summed E-state index contributed by atoms with van der Waals surface area (Å²) in [6.07, 6.45) is 12.7. The third kappa shape index (κ3) is 3.17. The Morgan fingerprint density at radius 3 is 2.94 bits per heavy atom. The fourth-order valence-electron chi connectivity index (χ4n) is 6.47. The Hall–Kier alpha value is -3.21. The molecule has 0 saturated heterocycles. The quantitative estimate of drug-likeness (QED) is 0.601. The number of benzene rings is 1. The van der Waals surface area contributed by atoms with Crippen molar-refractivity contribution in [2.45, 2.75) is 57.7 Å². The molecule has 3 aliphatic carbocycles. The lowest BCUT2D eigenvalue weighted by molar-refractivity contribution is -0.147. The maximum atomic E-state index is 12.4. The molecule has 33 heavy (non-hydrogen) atoms. The first-order valence-corrected chi connectivity index (χ1v) is 11.8. The summed E-state index contributed by atoms with van der Waals surface area (Å²) in [5.41, 5.74) is 2.71. The van der Waals surface area contributed by atoms with Crippen molar-refractivity contribution in [2.75, 3.05) is 0 Å². The Morgan fingerprint density at radius 1 is 1.21 bits per heavy atom. The van der Waals surface area contributed by atoms with Crippen LogP contribution in [0.4, 0.5) is 0 Å². The van der Waals surface area contributed by atoms with Gasteiger partial charge in [0.05, 0.1) is 5.57 Å². The molecule has 1 aliphatic heterocycles. The number of aromatic nitrogens is 1. The minimum Gasteiger partial charge on any atom is -0.489 e. The molecule has 1 saturated carbocycles. The average Bonchev–Trinajstić information content (AvgIpc) is 3.09. The third-order valence-electron chi connectivity index (χ3n) is 7.99. The molecule has 0 radical (unpaired) electrons. The van der Waals surface area contributed by atoms with Gasteiger partial charge in [0, 0.05) is 54.8 Å². The molecule has 1 aromatic carbocycles. The predicted octanol–water partition coefficient (Wildman–Crippen LogP) is 5.18. The number of fused-ring (bicyclic) bond motifs is 4. The van der Waals surface area contributed by atoms with Crippen LogP contribution in [0.5, 0.6) is 0 Å². The van der Waals surface area contributed by atoms with Crippen LogP contribution in [-0.4, -0.2) is 28.9 Å². The number of ether oxygens (including phenoxy) is 2. The van der Waals surface area contributed by atoms with E-state index in [4.69, 9.17) is 9.47 Å². The van der Waals surface area contributed by atoms with Gasteiger partial charge in [0.25, 0.3) is 0 Å². The number of pyridine rings is 1. The van der Waals surface area contributed by atoms with E-state index < -0.39 is 0 Å². The van der Waals surface area contributed by atoms with Gasteiger partial charge >= 0.3 is 5.97 Å². The van der Waals surface area contributed by atoms with Crippen molar-refractivity contribution in [3.05, 3.63) is 77.4 Å². The molecule has 6 rings (SSSR count). The molecule has 2 aromatic rings. The zero-order valence-electron chi connectivity index (χ0n) is 18.9. The summed E-state index contributed by atoms with van der Waals surface area (Å²) in [6, 6.07) is 8.45. The molecule has 0 bridgehead atoms. The molecule has 5 heteroatoms. The highest BCUT2D eigenvalue weighted by atomic mass is 16.5. The van der Waals surface area contributed by atoms with Gasteiger partial charge in [-0.05, 0) is 41.5 Å². The number of nitrogens with zero attached hydrogens (tertiary/aromatic N) is 1. The number of esters is 1. The molecule has 1 unspecified atom stereocenters. The van der Waals surface area contributed by atoms with E-state index in [1.807, 2.05) is 18.3 Å². The van der Waals surface area contributed by atoms with Gasteiger partial charge in [-0.25, -0.2) is 0 Å². The second-order valence-corrected chi connectivity index (χ2v) is 9.95. The summed E-state index contributed by atoms with van der Waals surface area (Å²) in [5.74, 6) is 0.903. The van der Waals surface area contributed by atoms with Crippen LogP contribution in [0.25, 0.3) is 10.8 Å². The standard InChI is InChI=1S/C28H27NO4/c1-16(30)32-25-14-22-27-19(13-21-23(31)4-3-5-24(21)33-27)8-10-28(22,2)26(25)18-6-7-20-15-29-11-9-17(20)12-18/h6-13,15,22,25-27H,3-5,14H2,1-2H3/t22-,25?,26-,27+,28-/m0/s1. The molecule has 5 nitrogen and oxygen atoms in total. The summed E-state index contributed by atoms with van der Waals surface area (Å²) in [5, 5.41) is 2.22. The van der Waals surface area contributed by atoms with E-state index in [0.717, 1.165) is 52.5 Å². The smallest absolute Gasteiger partial charge is 0.302 e. The Morgan fingerprint density at radius 2 is 2.09 bits per heavy atom. The largest absolute Gasteiger partial charge is 0.489 e. The Kier molecular flexibility index (Phi) is 4.58. The molecule has 168 valence electrons. The van der Waals surface area contributed by atoms with Crippen LogP contribution < -0.4 is 0 Å². The molecule has 1 fully saturated rings. The van der Waals surface area contributed by atoms with Crippen molar-refractivity contribution < 1.29 is 19.1 Å². The number of carbonyl (C=O) groups excluding carboxylic acids is 2. The Bertz CT molecular complexity index is 1270. The highest BCUT2D eigenvalue weighted by molar-refractivity contribution is 5.99. The lowest BCUT2D eigenvalue weighted by atomic mass is 9.64. The first kappa shape index (κ1) is 20.4. The van der Waals surface area contributed by atoms with E-state index in [-0.39, 0.29) is 41.2 Å². The highest BCUT2D eigenvalue weighted by Gasteiger charge is 2.58. The van der Waals surface area contributed by atoms with Gasteiger partial charge in [0.15, 0.2) is 5.78 Å². The average molecular weight is 442 g/mol. The van der Waals surface area contributed by atoms with Gasteiger partial charge in [-0.1, -0.05) is 37.3 Å². The van der Waals surface area contributed by atoms with E-state index in [2.05, 4.69) is 42.3 Å². The highest BCUT2D eigenvalue weighted by Crippen LogP contribution is 2.60. The topological polar surface area (TPSA) is 65.5 Å². The predicted molar refractivity (Wildman–Crippen MR) is 124 cm³/mol. The lowest BCUT2D eigenvalue weighted by Gasteiger charge is -2.44. The molecule has 1 aromatic heterocycles. The van der Waals surface area contributed by atoms with Gasteiger partial charge in [-0.2, -0.15) is 0 Å². The molecular weight excluding hydrogens is 414 g/mol. The number of ketones is 1. The van der Waals surface area contributed by atoms with E-state index in [0.29, 0.717) is 6.42 Å². The van der Waals surface area contributed by atoms with Crippen molar-refractivity contribution in [3.8, 4) is 0 Å². The van der Waals surface area contributed by atoms with Crippen LogP contribution in [-0.2, 0) is 19.1 Å². The molecule has 0 N–H and O–H groups in total. The van der Waals surface area contributed by atoms with E-state index in [1.54, 1.807) is 6.20 Å². The number of hydrogen-bond acceptors (Lipinski definition) is 5. The van der Waals surface area contributed by atoms with Gasteiger partial charge in [0.2, 0.25) is 0 Å². The summed E-state index contributed by atoms with van der Waals surface area (Å²) in [7, 11) is 0. The van der Waals surface area contributed by atoms with Crippen LogP contribution in [0.3, 0.4) is 0 Å². The first-order chi connectivity index (χ1) is 15.9. The van der Waals surface area contributed by atoms with Crippen molar-refractivity contribution >= 4 is 22.5 Å². The molecule has 5 atom stereocenters. The van der Waals surface area contributed by atoms with Crippen LogP contribution >= 0.6 is 0 Å². The molecule has 2 heterocycles. The summed E-state index contributed by atoms with van der Waals surface area (Å²) in [6.45, 7) is 3.74. The zero-order valence-corrected chi connectivity index (χ0v) is 18.9. The lowest BCUT2D eigenvalue weighted by Crippen LogP contribution is -2.41. The first-order valence-electron chi connectivity index (χ1n) is 11.8. The second kappa shape index (κ2) is 7.41. The van der Waals surface area contributed by atoms with Gasteiger partial charge in [0.1, 0.15) is 18.0 Å². The monoisotopic (exact) mass is 441 g/mol. The molecule has 4 aliphatic rings. The molecule has 0 spiro atoms. The minimum absolute atomic E-state index is 0.00808. The van der Waals surface area contributed by atoms with Gasteiger partial charge < -0.3 is 9.47 Å². The van der Waals surface area contributed by atoms with Gasteiger partial charge in [-0.15, -0.1) is 0 Å². The van der Waals surface area contributed by atoms with Crippen LogP contribution in [0.2, 0.25) is 0 Å². The molecular formula is C28H27NO4. The number of allylic oxidation sites excluding steroid dienone is 4. The van der Waals surface area contributed by atoms with Crippen molar-refractivity contribution in [2.24, 2.45) is 11.3 Å². The Balaban J connectivity index is 1.44. The fraction of sp³-hybridized carbons (Fsp3) is 0.393. The number of rotatable bonds is 2. The van der Waals surface area contributed by atoms with Crippen LogP contribution in [0.15, 0.2) is 71.8 Å². The summed E-state index contributed by atoms with van der Waals surface area (Å²) in [4.78, 5) is 28.7. The molecule has 0 amide bonds. The zero-order chi connectivity index (χ0) is 22.7. The van der Waals surface area contributed by atoms with E-state index >= 15 is 0 Å². The van der Waals surface area contributed by atoms with Crippen LogP contribution in [0.1, 0.15) is 51.0 Å². The number of carbonyl (C=O) groups is 2. The maximum absolute atomic E-state index is 12.4. The third-order valence-corrected chi connectivity index (χ3v) is 7.99.